The van der Waals surface area contributed by atoms with Crippen LogP contribution in [0.1, 0.15) is 5.56 Å². The van der Waals surface area contributed by atoms with E-state index in [9.17, 15) is 9.90 Å². The second kappa shape index (κ2) is 4.91. The summed E-state index contributed by atoms with van der Waals surface area (Å²) in [6.45, 7) is 0. The third kappa shape index (κ3) is 2.92. The van der Waals surface area contributed by atoms with Crippen LogP contribution in [-0.4, -0.2) is 25.3 Å². The van der Waals surface area contributed by atoms with Crippen LogP contribution >= 0.6 is 0 Å². The van der Waals surface area contributed by atoms with E-state index in [1.54, 1.807) is 6.07 Å². The van der Waals surface area contributed by atoms with E-state index in [-0.39, 0.29) is 5.75 Å². The van der Waals surface area contributed by atoms with E-state index >= 15 is 0 Å². The first-order valence-electron chi connectivity index (χ1n) is 4.14. The molecular weight excluding hydrogens is 196 g/mol. The van der Waals surface area contributed by atoms with Crippen LogP contribution in [0.4, 0.5) is 0 Å². The maximum atomic E-state index is 10.7. The minimum Gasteiger partial charge on any atom is -0.504 e. The van der Waals surface area contributed by atoms with Gasteiger partial charge in [0.1, 0.15) is 0 Å². The molecule has 1 rings (SSSR count). The van der Waals surface area contributed by atoms with Gasteiger partial charge in [0.2, 0.25) is 0 Å². The average molecular weight is 206 g/mol. The Labute approximate surface area is 87.4 Å². The predicted molar refractivity (Wildman–Crippen MR) is 53.6 cm³/mol. The van der Waals surface area contributed by atoms with E-state index < -0.39 is 5.97 Å². The minimum absolute atomic E-state index is 0.0288. The number of carbonyl (C=O) groups is 1. The molecule has 0 spiro atoms. The quantitative estimate of drug-likeness (QED) is 0.548. The molecule has 1 aromatic rings. The second-order valence-electron chi connectivity index (χ2n) is 2.63. The summed E-state index contributed by atoms with van der Waals surface area (Å²) in [5.41, 5.74) is 0.565. The van der Waals surface area contributed by atoms with Crippen LogP contribution in [0.15, 0.2) is 18.2 Å². The number of rotatable bonds is 1. The molecule has 0 aliphatic heterocycles. The zero-order valence-corrected chi connectivity index (χ0v) is 8.40. The monoisotopic (exact) mass is 206 g/mol. The highest BCUT2D eigenvalue weighted by atomic mass is 16.5. The molecule has 0 saturated carbocycles. The SMILES string of the molecule is COC(=O)C#Cc1ccc(O)c(OC)c1. The third-order valence-corrected chi connectivity index (χ3v) is 1.67. The van der Waals surface area contributed by atoms with Gasteiger partial charge in [-0.15, -0.1) is 0 Å². The number of carbonyl (C=O) groups excluding carboxylic acids is 1. The van der Waals surface area contributed by atoms with Crippen molar-refractivity contribution < 1.29 is 19.4 Å². The summed E-state index contributed by atoms with van der Waals surface area (Å²) < 4.78 is 9.24. The highest BCUT2D eigenvalue weighted by Gasteiger charge is 2.00. The lowest BCUT2D eigenvalue weighted by Crippen LogP contribution is -1.94. The van der Waals surface area contributed by atoms with Crippen molar-refractivity contribution in [1.82, 2.24) is 0 Å². The Kier molecular flexibility index (Phi) is 3.58. The van der Waals surface area contributed by atoms with Gasteiger partial charge in [-0.3, -0.25) is 0 Å². The van der Waals surface area contributed by atoms with Gasteiger partial charge in [-0.2, -0.15) is 0 Å². The lowest BCUT2D eigenvalue weighted by atomic mass is 10.2. The van der Waals surface area contributed by atoms with Crippen molar-refractivity contribution in [2.24, 2.45) is 0 Å². The van der Waals surface area contributed by atoms with Crippen LogP contribution in [-0.2, 0) is 9.53 Å². The highest BCUT2D eigenvalue weighted by molar-refractivity contribution is 5.89. The van der Waals surface area contributed by atoms with Crippen LogP contribution in [0.2, 0.25) is 0 Å². The van der Waals surface area contributed by atoms with Crippen molar-refractivity contribution in [3.63, 3.8) is 0 Å². The summed E-state index contributed by atoms with van der Waals surface area (Å²) in [6.07, 6.45) is 0. The smallest absolute Gasteiger partial charge is 0.384 e. The molecule has 1 aromatic carbocycles. The maximum absolute atomic E-state index is 10.7. The van der Waals surface area contributed by atoms with Crippen LogP contribution in [0.3, 0.4) is 0 Å². The molecule has 0 bridgehead atoms. The van der Waals surface area contributed by atoms with Crippen molar-refractivity contribution in [3.8, 4) is 23.3 Å². The standard InChI is InChI=1S/C11H10O4/c1-14-10-7-8(3-5-9(10)12)4-6-11(13)15-2/h3,5,7,12H,1-2H3. The van der Waals surface area contributed by atoms with Crippen LogP contribution in [0.25, 0.3) is 0 Å². The molecule has 0 heterocycles. The molecule has 4 nitrogen and oxygen atoms in total. The van der Waals surface area contributed by atoms with Gasteiger partial charge in [0.25, 0.3) is 0 Å². The van der Waals surface area contributed by atoms with Crippen LogP contribution in [0.5, 0.6) is 11.5 Å². The number of phenolic OH excluding ortho intramolecular Hbond substituents is 1. The molecule has 1 N–H and O–H groups in total. The Hall–Kier alpha value is -2.15. The fourth-order valence-electron chi connectivity index (χ4n) is 0.930. The second-order valence-corrected chi connectivity index (χ2v) is 2.63. The highest BCUT2D eigenvalue weighted by Crippen LogP contribution is 2.25. The van der Waals surface area contributed by atoms with Gasteiger partial charge >= 0.3 is 5.97 Å². The van der Waals surface area contributed by atoms with Crippen molar-refractivity contribution in [2.45, 2.75) is 0 Å². The molecule has 15 heavy (non-hydrogen) atoms. The zero-order chi connectivity index (χ0) is 11.3. The van der Waals surface area contributed by atoms with Gasteiger partial charge in [0, 0.05) is 11.5 Å². The lowest BCUT2D eigenvalue weighted by molar-refractivity contribution is -0.133. The van der Waals surface area contributed by atoms with Gasteiger partial charge in [0.15, 0.2) is 11.5 Å². The topological polar surface area (TPSA) is 55.8 Å². The van der Waals surface area contributed by atoms with Gasteiger partial charge in [0.05, 0.1) is 14.2 Å². The van der Waals surface area contributed by atoms with Crippen molar-refractivity contribution >= 4 is 5.97 Å². The molecule has 4 heteroatoms. The predicted octanol–water partition coefficient (Wildman–Crippen LogP) is 0.925. The van der Waals surface area contributed by atoms with E-state index in [1.807, 2.05) is 0 Å². The van der Waals surface area contributed by atoms with Crippen molar-refractivity contribution in [3.05, 3.63) is 23.8 Å². The molecule has 0 aromatic heterocycles. The lowest BCUT2D eigenvalue weighted by Gasteiger charge is -2.02. The summed E-state index contributed by atoms with van der Waals surface area (Å²) in [7, 11) is 2.70. The Morgan fingerprint density at radius 1 is 1.40 bits per heavy atom. The molecule has 0 fully saturated rings. The van der Waals surface area contributed by atoms with Gasteiger partial charge in [-0.05, 0) is 18.2 Å². The first-order valence-corrected chi connectivity index (χ1v) is 4.14. The first kappa shape index (κ1) is 10.9. The number of hydrogen-bond donors (Lipinski definition) is 1. The largest absolute Gasteiger partial charge is 0.504 e. The molecule has 0 radical (unpaired) electrons. The summed E-state index contributed by atoms with van der Waals surface area (Å²) in [5.74, 6) is 4.58. The fourth-order valence-corrected chi connectivity index (χ4v) is 0.930. The first-order chi connectivity index (χ1) is 7.17. The van der Waals surface area contributed by atoms with E-state index in [1.165, 1.54) is 26.4 Å². The van der Waals surface area contributed by atoms with Gasteiger partial charge in [-0.25, -0.2) is 4.79 Å². The van der Waals surface area contributed by atoms with Crippen LogP contribution < -0.4 is 4.74 Å². The number of esters is 1. The molecule has 0 amide bonds. The third-order valence-electron chi connectivity index (χ3n) is 1.67. The van der Waals surface area contributed by atoms with E-state index in [0.717, 1.165) is 0 Å². The van der Waals surface area contributed by atoms with E-state index in [2.05, 4.69) is 16.6 Å². The van der Waals surface area contributed by atoms with Gasteiger partial charge in [-0.1, -0.05) is 5.92 Å². The number of aromatic hydroxyl groups is 1. The van der Waals surface area contributed by atoms with Crippen molar-refractivity contribution in [2.75, 3.05) is 14.2 Å². The number of hydrogen-bond acceptors (Lipinski definition) is 4. The van der Waals surface area contributed by atoms with E-state index in [0.29, 0.717) is 11.3 Å². The molecular formula is C11H10O4. The number of methoxy groups -OCH3 is 2. The number of phenols is 1. The van der Waals surface area contributed by atoms with Gasteiger partial charge < -0.3 is 14.6 Å². The average Bonchev–Trinajstić information content (AvgIpc) is 2.27. The Balaban J connectivity index is 2.95. The summed E-state index contributed by atoms with van der Waals surface area (Å²) in [4.78, 5) is 10.7. The number of benzene rings is 1. The normalized spacial score (nSPS) is 8.67. The molecule has 0 saturated heterocycles. The Morgan fingerprint density at radius 2 is 2.13 bits per heavy atom. The van der Waals surface area contributed by atoms with E-state index in [4.69, 9.17) is 4.74 Å². The maximum Gasteiger partial charge on any atom is 0.384 e. The molecule has 78 valence electrons. The Morgan fingerprint density at radius 3 is 2.73 bits per heavy atom. The molecule has 0 atom stereocenters. The molecule has 0 unspecified atom stereocenters. The summed E-state index contributed by atoms with van der Waals surface area (Å²) in [6, 6.07) is 4.55. The fraction of sp³-hybridized carbons (Fsp3) is 0.182. The summed E-state index contributed by atoms with van der Waals surface area (Å²) >= 11 is 0. The van der Waals surface area contributed by atoms with Crippen LogP contribution in [0, 0.1) is 11.8 Å². The minimum atomic E-state index is -0.609. The number of ether oxygens (including phenoxy) is 2. The molecule has 0 aliphatic carbocycles. The zero-order valence-electron chi connectivity index (χ0n) is 8.40. The Bertz CT molecular complexity index is 426. The van der Waals surface area contributed by atoms with Crippen molar-refractivity contribution in [1.29, 1.82) is 0 Å². The molecule has 0 aliphatic rings. The summed E-state index contributed by atoms with van der Waals surface area (Å²) in [5, 5.41) is 9.29.